The van der Waals surface area contributed by atoms with E-state index in [1.54, 1.807) is 0 Å². The van der Waals surface area contributed by atoms with Crippen LogP contribution in [-0.2, 0) is 9.05 Å². The second-order valence-electron chi connectivity index (χ2n) is 2.33. The van der Waals surface area contributed by atoms with Gasteiger partial charge in [0, 0.05) is 8.41 Å². The van der Waals surface area contributed by atoms with Gasteiger partial charge in [-0.1, -0.05) is 5.57 Å². The lowest BCUT2D eigenvalue weighted by molar-refractivity contribution is 0.276. The monoisotopic (exact) mass is 187 g/mol. The first-order valence-corrected chi connectivity index (χ1v) is 5.15. The number of allylic oxidation sites excluding steroid dienone is 1. The van der Waals surface area contributed by atoms with Gasteiger partial charge in [0.2, 0.25) is 0 Å². The number of hydrogen-bond donors (Lipinski definition) is 0. The van der Waals surface area contributed by atoms with Crippen molar-refractivity contribution in [3.05, 3.63) is 11.4 Å². The van der Waals surface area contributed by atoms with Gasteiger partial charge in [-0.3, -0.25) is 0 Å². The fourth-order valence-corrected chi connectivity index (χ4v) is 1.73. The zero-order valence-corrected chi connectivity index (χ0v) is 9.23. The molecular weight excluding hydrogens is 170 g/mol. The zero-order valence-electron chi connectivity index (χ0n) is 8.33. The van der Waals surface area contributed by atoms with Crippen LogP contribution in [0.1, 0.15) is 27.7 Å². The van der Waals surface area contributed by atoms with E-state index in [0.717, 1.165) is 13.2 Å². The van der Waals surface area contributed by atoms with Crippen molar-refractivity contribution in [3.63, 3.8) is 0 Å². The highest BCUT2D eigenvalue weighted by Crippen LogP contribution is 2.40. The Hall–Kier alpha value is 0.155. The first-order chi connectivity index (χ1) is 5.20. The molecule has 0 spiro atoms. The highest BCUT2D eigenvalue weighted by atomic mass is 31.2. The summed E-state index contributed by atoms with van der Waals surface area (Å²) < 4.78 is 10.7. The van der Waals surface area contributed by atoms with Crippen LogP contribution < -0.4 is 0 Å². The minimum Gasteiger partial charge on any atom is -0.331 e. The molecule has 0 aromatic heterocycles. The molecule has 0 bridgehead atoms. The average Bonchev–Trinajstić information content (AvgIpc) is 1.87. The maximum atomic E-state index is 5.36. The van der Waals surface area contributed by atoms with Crippen LogP contribution in [0.5, 0.6) is 0 Å². The third-order valence-electron chi connectivity index (χ3n) is 0.876. The van der Waals surface area contributed by atoms with Gasteiger partial charge in [0.1, 0.15) is 0 Å². The largest absolute Gasteiger partial charge is 0.331 e. The van der Waals surface area contributed by atoms with E-state index < -0.39 is 8.38 Å². The molecule has 0 saturated carbocycles. The summed E-state index contributed by atoms with van der Waals surface area (Å²) in [7, 11) is -0.762. The predicted molar refractivity (Wildman–Crippen MR) is 55.4 cm³/mol. The van der Waals surface area contributed by atoms with Crippen molar-refractivity contribution in [2.75, 3.05) is 13.2 Å². The summed E-state index contributed by atoms with van der Waals surface area (Å²) in [5.74, 6) is 2.04. The van der Waals surface area contributed by atoms with Crippen molar-refractivity contribution < 1.29 is 9.05 Å². The molecule has 0 amide bonds. The first-order valence-electron chi connectivity index (χ1n) is 3.90. The van der Waals surface area contributed by atoms with E-state index in [1.165, 1.54) is 5.57 Å². The Morgan fingerprint density at radius 1 is 1.17 bits per heavy atom. The summed E-state index contributed by atoms with van der Waals surface area (Å²) in [5, 5.41) is 0. The van der Waals surface area contributed by atoms with Gasteiger partial charge in [-0.15, -0.1) is 0 Å². The van der Waals surface area contributed by atoms with Crippen LogP contribution in [0, 0.1) is 0 Å². The average molecular weight is 187 g/mol. The maximum absolute atomic E-state index is 5.36. The van der Waals surface area contributed by atoms with Gasteiger partial charge < -0.3 is 9.05 Å². The van der Waals surface area contributed by atoms with Crippen LogP contribution in [0.25, 0.3) is 0 Å². The van der Waals surface area contributed by atoms with Crippen LogP contribution in [0.2, 0.25) is 0 Å². The Morgan fingerprint density at radius 2 is 1.58 bits per heavy atom. The van der Waals surface area contributed by atoms with Gasteiger partial charge in [-0.2, -0.15) is 0 Å². The highest BCUT2D eigenvalue weighted by Gasteiger charge is 2.03. The summed E-state index contributed by atoms with van der Waals surface area (Å²) in [6.07, 6.45) is 0. The number of rotatable bonds is 5. The van der Waals surface area contributed by atoms with Crippen LogP contribution in [0.4, 0.5) is 0 Å². The van der Waals surface area contributed by atoms with E-state index in [0.29, 0.717) is 0 Å². The predicted octanol–water partition coefficient (Wildman–Crippen LogP) is 2.91. The van der Waals surface area contributed by atoms with Crippen molar-refractivity contribution in [1.82, 2.24) is 0 Å². The van der Waals surface area contributed by atoms with Gasteiger partial charge in [0.05, 0.1) is 13.2 Å². The second-order valence-corrected chi connectivity index (χ2v) is 3.67. The van der Waals surface area contributed by atoms with E-state index in [2.05, 4.69) is 0 Å². The molecule has 0 rings (SSSR count). The summed E-state index contributed by atoms with van der Waals surface area (Å²) >= 11 is 0. The molecule has 0 aliphatic carbocycles. The quantitative estimate of drug-likeness (QED) is 0.486. The Balaban J connectivity index is 0. The van der Waals surface area contributed by atoms with Crippen molar-refractivity contribution in [3.8, 4) is 0 Å². The molecule has 2 nitrogen and oxygen atoms in total. The van der Waals surface area contributed by atoms with Gasteiger partial charge in [0.15, 0.2) is 8.38 Å². The van der Waals surface area contributed by atoms with E-state index >= 15 is 0 Å². The number of hydrogen-bond acceptors (Lipinski definition) is 2. The molecule has 0 N–H and O–H groups in total. The van der Waals surface area contributed by atoms with Gasteiger partial charge in [0.25, 0.3) is 0 Å². The summed E-state index contributed by atoms with van der Waals surface area (Å²) in [6, 6.07) is 0. The fourth-order valence-electron chi connectivity index (χ4n) is 0.577. The summed E-state index contributed by atoms with van der Waals surface area (Å²) in [4.78, 5) is 0. The van der Waals surface area contributed by atoms with Crippen LogP contribution >= 0.6 is 8.38 Å². The molecule has 69 valence electrons. The van der Waals surface area contributed by atoms with E-state index in [4.69, 9.17) is 9.05 Å². The third-order valence-corrected chi connectivity index (χ3v) is 2.63. The minimum absolute atomic E-state index is 0. The van der Waals surface area contributed by atoms with E-state index in [-0.39, 0.29) is 8.41 Å². The zero-order chi connectivity index (χ0) is 8.69. The Morgan fingerprint density at radius 3 is 1.83 bits per heavy atom. The van der Waals surface area contributed by atoms with Crippen LogP contribution in [-0.4, -0.2) is 21.6 Å². The first kappa shape index (κ1) is 14.7. The lowest BCUT2D eigenvalue weighted by Crippen LogP contribution is -1.87. The molecule has 0 aliphatic heterocycles. The fraction of sp³-hybridized carbons (Fsp3) is 0.750. The van der Waals surface area contributed by atoms with Crippen molar-refractivity contribution in [2.24, 2.45) is 0 Å². The SMILES string of the molecule is CCOP(C=C(C)C)OCC.[B]. The molecule has 0 saturated heterocycles. The lowest BCUT2D eigenvalue weighted by atomic mass is 10.4. The Labute approximate surface area is 78.8 Å². The molecule has 0 fully saturated rings. The topological polar surface area (TPSA) is 18.5 Å². The van der Waals surface area contributed by atoms with Crippen molar-refractivity contribution in [1.29, 1.82) is 0 Å². The Bertz CT molecular complexity index is 118. The molecule has 0 heterocycles. The Kier molecular flexibility index (Phi) is 11.3. The van der Waals surface area contributed by atoms with Crippen LogP contribution in [0.3, 0.4) is 0 Å². The maximum Gasteiger partial charge on any atom is 0.197 e. The molecule has 0 aromatic carbocycles. The van der Waals surface area contributed by atoms with Gasteiger partial charge in [-0.25, -0.2) is 0 Å². The van der Waals surface area contributed by atoms with Gasteiger partial charge >= 0.3 is 0 Å². The molecule has 3 radical (unpaired) electrons. The molecule has 0 atom stereocenters. The third kappa shape index (κ3) is 8.25. The lowest BCUT2D eigenvalue weighted by Gasteiger charge is -2.11. The van der Waals surface area contributed by atoms with Crippen molar-refractivity contribution >= 4 is 16.8 Å². The standard InChI is InChI=1S/C8H17O2P.B/c1-5-9-11(10-6-2)7-8(3)4;/h7H,5-6H2,1-4H3;. The van der Waals surface area contributed by atoms with Crippen LogP contribution in [0.15, 0.2) is 11.4 Å². The molecule has 0 aromatic rings. The van der Waals surface area contributed by atoms with E-state index in [9.17, 15) is 0 Å². The van der Waals surface area contributed by atoms with E-state index in [1.807, 2.05) is 33.5 Å². The molecule has 4 heteroatoms. The second kappa shape index (κ2) is 9.24. The summed E-state index contributed by atoms with van der Waals surface area (Å²) in [5.41, 5.74) is 1.25. The summed E-state index contributed by atoms with van der Waals surface area (Å²) in [6.45, 7) is 9.49. The molecule has 0 unspecified atom stereocenters. The highest BCUT2D eigenvalue weighted by molar-refractivity contribution is 7.50. The smallest absolute Gasteiger partial charge is 0.197 e. The normalized spacial score (nSPS) is 9.42. The van der Waals surface area contributed by atoms with Crippen molar-refractivity contribution in [2.45, 2.75) is 27.7 Å². The molecular formula is C8H17BO2P. The minimum atomic E-state index is -0.762. The van der Waals surface area contributed by atoms with Gasteiger partial charge in [-0.05, 0) is 33.5 Å². The molecule has 12 heavy (non-hydrogen) atoms. The molecule has 0 aliphatic rings.